The van der Waals surface area contributed by atoms with Gasteiger partial charge in [0.15, 0.2) is 10.8 Å². The lowest BCUT2D eigenvalue weighted by atomic mass is 10.3. The summed E-state index contributed by atoms with van der Waals surface area (Å²) < 4.78 is 13.5. The maximum atomic E-state index is 13.1. The highest BCUT2D eigenvalue weighted by atomic mass is 79.9. The molecule has 2 rings (SSSR count). The fourth-order valence-electron chi connectivity index (χ4n) is 1.42. The molecular weight excluding hydrogens is 359 g/mol. The van der Waals surface area contributed by atoms with Crippen molar-refractivity contribution in [1.29, 1.82) is 0 Å². The van der Waals surface area contributed by atoms with E-state index >= 15 is 0 Å². The summed E-state index contributed by atoms with van der Waals surface area (Å²) in [6, 6.07) is 2.42. The first-order valence-corrected chi connectivity index (χ1v) is 6.99. The molecule has 0 saturated carbocycles. The summed E-state index contributed by atoms with van der Waals surface area (Å²) in [6.45, 7) is 1.66. The van der Waals surface area contributed by atoms with Crippen LogP contribution in [0.25, 0.3) is 0 Å². The van der Waals surface area contributed by atoms with Crippen molar-refractivity contribution >= 4 is 55.7 Å². The average Bonchev–Trinajstić information content (AvgIpc) is 2.65. The van der Waals surface area contributed by atoms with Crippen LogP contribution in [0.15, 0.2) is 16.6 Å². The number of hydrogen-bond acceptors (Lipinski definition) is 4. The maximum absolute atomic E-state index is 13.1. The summed E-state index contributed by atoms with van der Waals surface area (Å²) in [5.74, 6) is -1.56. The monoisotopic (exact) mass is 364 g/mol. The van der Waals surface area contributed by atoms with Crippen molar-refractivity contribution in [3.63, 3.8) is 0 Å². The number of nitrogens with one attached hydrogen (secondary N) is 1. The predicted molar refractivity (Wildman–Crippen MR) is 76.2 cm³/mol. The van der Waals surface area contributed by atoms with Crippen LogP contribution < -0.4 is 5.32 Å². The molecule has 2 N–H and O–H groups in total. The van der Waals surface area contributed by atoms with Crippen molar-refractivity contribution in [2.24, 2.45) is 0 Å². The lowest BCUT2D eigenvalue weighted by Crippen LogP contribution is -1.99. The molecule has 0 spiro atoms. The van der Waals surface area contributed by atoms with E-state index in [9.17, 15) is 9.18 Å². The summed E-state index contributed by atoms with van der Waals surface area (Å²) in [6.07, 6.45) is 0. The largest absolute Gasteiger partial charge is 0.476 e. The Bertz CT molecular complexity index is 639. The number of anilines is 2. The van der Waals surface area contributed by atoms with Gasteiger partial charge in [-0.15, -0.1) is 11.3 Å². The van der Waals surface area contributed by atoms with Crippen molar-refractivity contribution in [2.75, 3.05) is 5.32 Å². The number of nitrogens with zero attached hydrogens (tertiary/aromatic N) is 1. The smallest absolute Gasteiger partial charge is 0.355 e. The summed E-state index contributed by atoms with van der Waals surface area (Å²) in [5, 5.41) is 12.4. The predicted octanol–water partition coefficient (Wildman–Crippen LogP) is 4.45. The van der Waals surface area contributed by atoms with Crippen molar-refractivity contribution in [2.45, 2.75) is 6.92 Å². The Hall–Kier alpha value is -1.18. The van der Waals surface area contributed by atoms with E-state index < -0.39 is 11.8 Å². The third-order valence-corrected chi connectivity index (χ3v) is 4.05. The van der Waals surface area contributed by atoms with Gasteiger partial charge in [-0.1, -0.05) is 11.6 Å². The molecule has 19 heavy (non-hydrogen) atoms. The number of hydrogen-bond donors (Lipinski definition) is 2. The van der Waals surface area contributed by atoms with Crippen LogP contribution in [0.5, 0.6) is 0 Å². The highest BCUT2D eigenvalue weighted by Crippen LogP contribution is 2.35. The lowest BCUT2D eigenvalue weighted by molar-refractivity contribution is 0.0690. The molecule has 8 heteroatoms. The lowest BCUT2D eigenvalue weighted by Gasteiger charge is -2.07. The first-order valence-electron chi connectivity index (χ1n) is 5.00. The molecule has 0 bridgehead atoms. The number of benzene rings is 1. The molecule has 0 unspecified atom stereocenters. The van der Waals surface area contributed by atoms with E-state index in [1.54, 1.807) is 6.92 Å². The van der Waals surface area contributed by atoms with E-state index in [1.165, 1.54) is 17.4 Å². The van der Waals surface area contributed by atoms with Gasteiger partial charge in [-0.2, -0.15) is 0 Å². The van der Waals surface area contributed by atoms with Gasteiger partial charge in [-0.05, 0) is 35.0 Å². The number of aromatic nitrogens is 1. The Morgan fingerprint density at radius 2 is 2.26 bits per heavy atom. The molecule has 4 nitrogen and oxygen atoms in total. The first-order chi connectivity index (χ1) is 8.88. The molecular formula is C11H7BrClFN2O2S. The Balaban J connectivity index is 2.37. The standard InChI is InChI=1S/C11H7BrClFN2O2S/c1-4-8(10(17)18)15-11(19-4)16-9-6(12)2-5(14)3-7(9)13/h2-3H,1H3,(H,15,16)(H,17,18). The zero-order valence-electron chi connectivity index (χ0n) is 9.50. The minimum Gasteiger partial charge on any atom is -0.476 e. The highest BCUT2D eigenvalue weighted by molar-refractivity contribution is 9.10. The van der Waals surface area contributed by atoms with Gasteiger partial charge < -0.3 is 10.4 Å². The second kappa shape index (κ2) is 5.44. The van der Waals surface area contributed by atoms with Crippen molar-refractivity contribution in [1.82, 2.24) is 4.98 Å². The molecule has 0 aliphatic heterocycles. The van der Waals surface area contributed by atoms with E-state index in [1.807, 2.05) is 0 Å². The molecule has 0 radical (unpaired) electrons. The number of carboxylic acid groups (broad SMARTS) is 1. The molecule has 0 amide bonds. The van der Waals surface area contributed by atoms with Crippen LogP contribution in [0, 0.1) is 12.7 Å². The van der Waals surface area contributed by atoms with Gasteiger partial charge in [-0.25, -0.2) is 14.2 Å². The maximum Gasteiger partial charge on any atom is 0.355 e. The second-order valence-corrected chi connectivity index (χ2v) is 6.06. The average molecular weight is 366 g/mol. The number of rotatable bonds is 3. The van der Waals surface area contributed by atoms with Crippen molar-refractivity contribution in [3.05, 3.63) is 38.0 Å². The summed E-state index contributed by atoms with van der Waals surface area (Å²) in [7, 11) is 0. The van der Waals surface area contributed by atoms with Crippen molar-refractivity contribution < 1.29 is 14.3 Å². The highest BCUT2D eigenvalue weighted by Gasteiger charge is 2.16. The van der Waals surface area contributed by atoms with Crippen LogP contribution in [-0.4, -0.2) is 16.1 Å². The van der Waals surface area contributed by atoms with Gasteiger partial charge in [0.2, 0.25) is 0 Å². The number of halogens is 3. The van der Waals surface area contributed by atoms with E-state index in [4.69, 9.17) is 16.7 Å². The topological polar surface area (TPSA) is 62.2 Å². The molecule has 0 saturated heterocycles. The van der Waals surface area contributed by atoms with E-state index in [-0.39, 0.29) is 10.7 Å². The number of carbonyl (C=O) groups is 1. The molecule has 0 fully saturated rings. The normalized spacial score (nSPS) is 10.5. The molecule has 1 heterocycles. The van der Waals surface area contributed by atoms with Gasteiger partial charge in [-0.3, -0.25) is 0 Å². The molecule has 100 valence electrons. The van der Waals surface area contributed by atoms with Crippen LogP contribution in [0.1, 0.15) is 15.4 Å². The van der Waals surface area contributed by atoms with Gasteiger partial charge in [0.05, 0.1) is 10.7 Å². The SMILES string of the molecule is Cc1sc(Nc2c(Cl)cc(F)cc2Br)nc1C(=O)O. The third kappa shape index (κ3) is 3.05. The molecule has 1 aromatic carbocycles. The number of aromatic carboxylic acids is 1. The number of aryl methyl sites for hydroxylation is 1. The Morgan fingerprint density at radius 1 is 1.58 bits per heavy atom. The molecule has 1 aromatic heterocycles. The first kappa shape index (κ1) is 14.2. The minimum absolute atomic E-state index is 0.0122. The Morgan fingerprint density at radius 3 is 2.79 bits per heavy atom. The summed E-state index contributed by atoms with van der Waals surface area (Å²) >= 11 is 10.3. The van der Waals surface area contributed by atoms with Gasteiger partial charge in [0.25, 0.3) is 0 Å². The Kier molecular flexibility index (Phi) is 4.07. The Labute approximate surface area is 125 Å². The van der Waals surface area contributed by atoms with Crippen LogP contribution >= 0.6 is 38.9 Å². The van der Waals surface area contributed by atoms with Crippen LogP contribution in [0.3, 0.4) is 0 Å². The molecule has 0 aliphatic rings. The summed E-state index contributed by atoms with van der Waals surface area (Å²) in [4.78, 5) is 15.4. The van der Waals surface area contributed by atoms with E-state index in [2.05, 4.69) is 26.2 Å². The quantitative estimate of drug-likeness (QED) is 0.843. The van der Waals surface area contributed by atoms with Gasteiger partial charge in [0.1, 0.15) is 5.82 Å². The van der Waals surface area contributed by atoms with Crippen molar-refractivity contribution in [3.8, 4) is 0 Å². The van der Waals surface area contributed by atoms with E-state index in [0.29, 0.717) is 20.2 Å². The number of thiazole rings is 1. The zero-order chi connectivity index (χ0) is 14.2. The van der Waals surface area contributed by atoms with Gasteiger partial charge in [0, 0.05) is 9.35 Å². The fourth-order valence-corrected chi connectivity index (χ4v) is 3.13. The van der Waals surface area contributed by atoms with Crippen LogP contribution in [0.4, 0.5) is 15.2 Å². The zero-order valence-corrected chi connectivity index (χ0v) is 12.7. The van der Waals surface area contributed by atoms with Crippen LogP contribution in [-0.2, 0) is 0 Å². The van der Waals surface area contributed by atoms with Gasteiger partial charge >= 0.3 is 5.97 Å². The third-order valence-electron chi connectivity index (χ3n) is 2.24. The molecule has 2 aromatic rings. The number of carboxylic acids is 1. The minimum atomic E-state index is -1.09. The molecule has 0 aliphatic carbocycles. The van der Waals surface area contributed by atoms with Crippen LogP contribution in [0.2, 0.25) is 5.02 Å². The second-order valence-electron chi connectivity index (χ2n) is 3.60. The fraction of sp³-hybridized carbons (Fsp3) is 0.0909. The van der Waals surface area contributed by atoms with E-state index in [0.717, 1.165) is 6.07 Å². The summed E-state index contributed by atoms with van der Waals surface area (Å²) in [5.41, 5.74) is 0.426. The molecule has 0 atom stereocenters.